The van der Waals surface area contributed by atoms with Gasteiger partial charge in [0, 0.05) is 72.4 Å². The number of hydrogen-bond acceptors (Lipinski definition) is 10. The summed E-state index contributed by atoms with van der Waals surface area (Å²) in [4.78, 5) is 30.1. The third kappa shape index (κ3) is 5.30. The fourth-order valence-electron chi connectivity index (χ4n) is 5.76. The molecule has 218 valence electrons. The summed E-state index contributed by atoms with van der Waals surface area (Å²) in [7, 11) is 0. The maximum absolute atomic E-state index is 15.1. The number of benzene rings is 1. The average Bonchev–Trinajstić information content (AvgIpc) is 3.56. The Balaban J connectivity index is 1.26. The molecule has 1 atom stereocenters. The van der Waals surface area contributed by atoms with E-state index in [4.69, 9.17) is 14.7 Å². The predicted octanol–water partition coefficient (Wildman–Crippen LogP) is 3.87. The first kappa shape index (κ1) is 27.0. The zero-order chi connectivity index (χ0) is 29.3. The van der Waals surface area contributed by atoms with Crippen molar-refractivity contribution in [2.45, 2.75) is 19.4 Å². The van der Waals surface area contributed by atoms with E-state index in [2.05, 4.69) is 25.8 Å². The van der Waals surface area contributed by atoms with Crippen molar-refractivity contribution in [3.05, 3.63) is 82.9 Å². The van der Waals surface area contributed by atoms with E-state index in [0.717, 1.165) is 43.0 Å². The van der Waals surface area contributed by atoms with E-state index in [1.165, 1.54) is 6.07 Å². The van der Waals surface area contributed by atoms with Crippen LogP contribution >= 0.6 is 0 Å². The average molecular weight is 580 g/mol. The lowest BCUT2D eigenvalue weighted by molar-refractivity contribution is 0.186. The van der Waals surface area contributed by atoms with Crippen LogP contribution in [0.4, 0.5) is 21.7 Å². The van der Waals surface area contributed by atoms with Gasteiger partial charge in [0.05, 0.1) is 36.4 Å². The van der Waals surface area contributed by atoms with Gasteiger partial charge in [-0.05, 0) is 49.7 Å². The molecule has 5 aromatic rings. The highest BCUT2D eigenvalue weighted by Gasteiger charge is 2.25. The van der Waals surface area contributed by atoms with E-state index < -0.39 is 0 Å². The molecule has 2 fully saturated rings. The number of nitrogens with one attached hydrogen (secondary N) is 2. The molecule has 0 spiro atoms. The zero-order valence-corrected chi connectivity index (χ0v) is 23.6. The van der Waals surface area contributed by atoms with Crippen LogP contribution in [-0.2, 0) is 4.74 Å². The van der Waals surface area contributed by atoms with E-state index in [-0.39, 0.29) is 23.4 Å². The highest BCUT2D eigenvalue weighted by Crippen LogP contribution is 2.30. The second-order valence-electron chi connectivity index (χ2n) is 10.7. The van der Waals surface area contributed by atoms with Gasteiger partial charge in [-0.2, -0.15) is 15.2 Å². The standard InChI is InChI=1S/C31H30FN9O2/c1-19-24(3-4-27(37-19)20-6-8-35-36-17-20)25-14-21-16-34-31(39-29(21)41(30(25)42)23-7-13-43-18-23)38-22-2-5-28(26(32)15-22)40-11-9-33-10-12-40/h2-6,8,14-17,23,33H,7,9-13,18H2,1H3,(H,34,38,39). The van der Waals surface area contributed by atoms with Crippen LogP contribution in [0.3, 0.4) is 0 Å². The van der Waals surface area contributed by atoms with Crippen LogP contribution in [-0.4, -0.2) is 69.1 Å². The van der Waals surface area contributed by atoms with Gasteiger partial charge < -0.3 is 20.3 Å². The van der Waals surface area contributed by atoms with Crippen molar-refractivity contribution >= 4 is 28.4 Å². The van der Waals surface area contributed by atoms with Crippen LogP contribution in [0.15, 0.2) is 65.8 Å². The fraction of sp³-hybridized carbons (Fsp3) is 0.290. The Morgan fingerprint density at radius 3 is 2.65 bits per heavy atom. The smallest absolute Gasteiger partial charge is 0.260 e. The molecule has 2 aliphatic rings. The van der Waals surface area contributed by atoms with Crippen molar-refractivity contribution < 1.29 is 9.13 Å². The number of ether oxygens (including phenoxy) is 1. The van der Waals surface area contributed by atoms with Crippen molar-refractivity contribution in [3.63, 3.8) is 0 Å². The molecule has 0 radical (unpaired) electrons. The van der Waals surface area contributed by atoms with Gasteiger partial charge in [-0.15, -0.1) is 0 Å². The maximum atomic E-state index is 15.1. The molecule has 2 N–H and O–H groups in total. The third-order valence-corrected chi connectivity index (χ3v) is 7.96. The van der Waals surface area contributed by atoms with Crippen molar-refractivity contribution in [3.8, 4) is 22.4 Å². The van der Waals surface area contributed by atoms with Crippen molar-refractivity contribution in [1.29, 1.82) is 0 Å². The molecule has 0 aliphatic carbocycles. The van der Waals surface area contributed by atoms with Crippen LogP contribution < -0.4 is 21.1 Å². The lowest BCUT2D eigenvalue weighted by Crippen LogP contribution is -2.43. The molecule has 7 rings (SSSR count). The summed E-state index contributed by atoms with van der Waals surface area (Å²) in [5.41, 5.74) is 4.96. The Morgan fingerprint density at radius 1 is 1.02 bits per heavy atom. The Labute approximate surface area is 246 Å². The SMILES string of the molecule is Cc1nc(-c2ccnnc2)ccc1-c1cc2cnc(Nc3ccc(N4CCNCC4)c(F)c3)nc2n(C2CCOC2)c1=O. The lowest BCUT2D eigenvalue weighted by Gasteiger charge is -2.29. The van der Waals surface area contributed by atoms with Gasteiger partial charge in [0.15, 0.2) is 0 Å². The number of piperazine rings is 1. The van der Waals surface area contributed by atoms with Crippen LogP contribution in [0.1, 0.15) is 18.2 Å². The van der Waals surface area contributed by atoms with Gasteiger partial charge >= 0.3 is 0 Å². The number of fused-ring (bicyclic) bond motifs is 1. The third-order valence-electron chi connectivity index (χ3n) is 7.96. The van der Waals surface area contributed by atoms with Crippen molar-refractivity contribution in [2.24, 2.45) is 0 Å². The van der Waals surface area contributed by atoms with Crippen molar-refractivity contribution in [2.75, 3.05) is 49.6 Å². The van der Waals surface area contributed by atoms with Crippen LogP contribution in [0.2, 0.25) is 0 Å². The van der Waals surface area contributed by atoms with Gasteiger partial charge in [-0.3, -0.25) is 14.3 Å². The number of nitrogens with zero attached hydrogens (tertiary/aromatic N) is 7. The van der Waals surface area contributed by atoms with Gasteiger partial charge in [-0.1, -0.05) is 6.07 Å². The lowest BCUT2D eigenvalue weighted by atomic mass is 10.0. The molecule has 43 heavy (non-hydrogen) atoms. The quantitative estimate of drug-likeness (QED) is 0.306. The topological polar surface area (TPSA) is 123 Å². The summed E-state index contributed by atoms with van der Waals surface area (Å²) in [6, 6.07) is 12.3. The van der Waals surface area contributed by atoms with Gasteiger partial charge in [-0.25, -0.2) is 9.37 Å². The fourth-order valence-corrected chi connectivity index (χ4v) is 5.76. The summed E-state index contributed by atoms with van der Waals surface area (Å²) < 4.78 is 22.4. The molecule has 6 heterocycles. The summed E-state index contributed by atoms with van der Waals surface area (Å²) in [6.45, 7) is 6.01. The van der Waals surface area contributed by atoms with E-state index in [9.17, 15) is 4.79 Å². The van der Waals surface area contributed by atoms with E-state index in [0.29, 0.717) is 53.3 Å². The first-order chi connectivity index (χ1) is 21.0. The second kappa shape index (κ2) is 11.5. The first-order valence-electron chi connectivity index (χ1n) is 14.3. The van der Waals surface area contributed by atoms with Gasteiger partial charge in [0.1, 0.15) is 11.5 Å². The molecule has 2 saturated heterocycles. The molecular weight excluding hydrogens is 549 g/mol. The predicted molar refractivity (Wildman–Crippen MR) is 162 cm³/mol. The number of aromatic nitrogens is 6. The summed E-state index contributed by atoms with van der Waals surface area (Å²) >= 11 is 0. The molecule has 11 nitrogen and oxygen atoms in total. The molecule has 0 bridgehead atoms. The molecule has 1 unspecified atom stereocenters. The molecule has 12 heteroatoms. The number of halogens is 1. The summed E-state index contributed by atoms with van der Waals surface area (Å²) in [6.07, 6.45) is 5.65. The summed E-state index contributed by atoms with van der Waals surface area (Å²) in [5, 5.41) is 14.9. The van der Waals surface area contributed by atoms with E-state index >= 15 is 4.39 Å². The molecular formula is C31H30FN9O2. The monoisotopic (exact) mass is 579 g/mol. The van der Waals surface area contributed by atoms with Gasteiger partial charge in [0.2, 0.25) is 5.95 Å². The Hall–Kier alpha value is -4.81. The number of aryl methyl sites for hydroxylation is 1. The molecule has 4 aromatic heterocycles. The number of rotatable bonds is 6. The highest BCUT2D eigenvalue weighted by atomic mass is 19.1. The first-order valence-corrected chi connectivity index (χ1v) is 14.3. The van der Waals surface area contributed by atoms with Crippen LogP contribution in [0.25, 0.3) is 33.4 Å². The molecule has 1 aromatic carbocycles. The Bertz CT molecular complexity index is 1850. The summed E-state index contributed by atoms with van der Waals surface area (Å²) in [5.74, 6) is -0.0395. The van der Waals surface area contributed by atoms with E-state index in [1.807, 2.05) is 42.2 Å². The molecule has 0 amide bonds. The molecule has 2 aliphatic heterocycles. The van der Waals surface area contributed by atoms with Crippen molar-refractivity contribution in [1.82, 2.24) is 35.0 Å². The minimum absolute atomic E-state index is 0.177. The largest absolute Gasteiger partial charge is 0.379 e. The zero-order valence-electron chi connectivity index (χ0n) is 23.6. The maximum Gasteiger partial charge on any atom is 0.260 e. The minimum Gasteiger partial charge on any atom is -0.379 e. The molecule has 0 saturated carbocycles. The normalized spacial score (nSPS) is 17.0. The number of anilines is 3. The number of pyridine rings is 2. The Morgan fingerprint density at radius 2 is 1.91 bits per heavy atom. The number of hydrogen-bond donors (Lipinski definition) is 2. The van der Waals surface area contributed by atoms with Crippen LogP contribution in [0.5, 0.6) is 0 Å². The Kier molecular flexibility index (Phi) is 7.21. The van der Waals surface area contributed by atoms with Gasteiger partial charge in [0.25, 0.3) is 5.56 Å². The van der Waals surface area contributed by atoms with Crippen LogP contribution in [0, 0.1) is 12.7 Å². The minimum atomic E-state index is -0.312. The highest BCUT2D eigenvalue weighted by molar-refractivity contribution is 5.83. The van der Waals surface area contributed by atoms with E-state index in [1.54, 1.807) is 29.2 Å². The second-order valence-corrected chi connectivity index (χ2v) is 10.7.